The summed E-state index contributed by atoms with van der Waals surface area (Å²) in [5.74, 6) is -0.701. The van der Waals surface area contributed by atoms with Crippen LogP contribution in [0.5, 0.6) is 0 Å². The molecule has 2 aromatic carbocycles. The van der Waals surface area contributed by atoms with E-state index >= 15 is 0 Å². The van der Waals surface area contributed by atoms with Crippen LogP contribution in [0.2, 0.25) is 0 Å². The Labute approximate surface area is 179 Å². The van der Waals surface area contributed by atoms with Crippen LogP contribution in [0, 0.1) is 6.92 Å². The minimum absolute atomic E-state index is 0.226. The van der Waals surface area contributed by atoms with Gasteiger partial charge in [0, 0.05) is 23.6 Å². The Morgan fingerprint density at radius 2 is 1.84 bits per heavy atom. The van der Waals surface area contributed by atoms with Crippen molar-refractivity contribution in [3.63, 3.8) is 0 Å². The molecule has 0 aliphatic heterocycles. The van der Waals surface area contributed by atoms with Crippen molar-refractivity contribution in [2.45, 2.75) is 13.8 Å². The Kier molecular flexibility index (Phi) is 5.61. The van der Waals surface area contributed by atoms with E-state index in [0.717, 1.165) is 11.3 Å². The maximum Gasteiger partial charge on any atom is 0.358 e. The zero-order chi connectivity index (χ0) is 21.8. The number of esters is 1. The fourth-order valence-electron chi connectivity index (χ4n) is 3.03. The molecule has 0 aliphatic rings. The lowest BCUT2D eigenvalue weighted by molar-refractivity contribution is 0.0519. The molecule has 0 aliphatic carbocycles. The zero-order valence-corrected chi connectivity index (χ0v) is 17.1. The third-order valence-electron chi connectivity index (χ3n) is 4.55. The number of nitrogens with one attached hydrogen (secondary N) is 1. The summed E-state index contributed by atoms with van der Waals surface area (Å²) in [5, 5.41) is 11.4. The molecule has 0 saturated carbocycles. The summed E-state index contributed by atoms with van der Waals surface area (Å²) in [5.41, 5.74) is 4.02. The van der Waals surface area contributed by atoms with Crippen LogP contribution >= 0.6 is 0 Å². The second-order valence-electron chi connectivity index (χ2n) is 6.88. The van der Waals surface area contributed by atoms with Gasteiger partial charge in [0.1, 0.15) is 0 Å². The molecule has 2 heterocycles. The van der Waals surface area contributed by atoms with Crippen molar-refractivity contribution < 1.29 is 14.3 Å². The number of ether oxygens (including phenoxy) is 1. The summed E-state index contributed by atoms with van der Waals surface area (Å²) in [6.45, 7) is 4.00. The minimum Gasteiger partial charge on any atom is -0.461 e. The smallest absolute Gasteiger partial charge is 0.358 e. The lowest BCUT2D eigenvalue weighted by atomic mass is 10.2. The van der Waals surface area contributed by atoms with Gasteiger partial charge in [0.25, 0.3) is 5.91 Å². The van der Waals surface area contributed by atoms with Crippen LogP contribution in [-0.2, 0) is 4.74 Å². The number of carbonyl (C=O) groups is 2. The number of anilines is 1. The number of aromatic nitrogens is 4. The lowest BCUT2D eigenvalue weighted by Gasteiger charge is -2.08. The van der Waals surface area contributed by atoms with Crippen molar-refractivity contribution in [3.8, 4) is 11.4 Å². The molecular formula is C23H21N5O3. The van der Waals surface area contributed by atoms with Gasteiger partial charge in [0.15, 0.2) is 5.69 Å². The molecule has 4 aromatic rings. The highest BCUT2D eigenvalue weighted by atomic mass is 16.5. The summed E-state index contributed by atoms with van der Waals surface area (Å²) >= 11 is 0. The van der Waals surface area contributed by atoms with Gasteiger partial charge in [0.2, 0.25) is 0 Å². The van der Waals surface area contributed by atoms with Crippen molar-refractivity contribution in [3.05, 3.63) is 90.0 Å². The lowest BCUT2D eigenvalue weighted by Crippen LogP contribution is -2.12. The van der Waals surface area contributed by atoms with Crippen LogP contribution < -0.4 is 5.32 Å². The van der Waals surface area contributed by atoms with Crippen molar-refractivity contribution in [2.24, 2.45) is 0 Å². The van der Waals surface area contributed by atoms with E-state index in [4.69, 9.17) is 4.74 Å². The molecule has 0 radical (unpaired) electrons. The number of hydrogen-bond acceptors (Lipinski definition) is 5. The summed E-state index contributed by atoms with van der Waals surface area (Å²) in [4.78, 5) is 24.5. The molecule has 2 aromatic heterocycles. The number of amides is 1. The maximum atomic E-state index is 12.7. The van der Waals surface area contributed by atoms with E-state index in [1.165, 1.54) is 0 Å². The molecule has 0 unspecified atom stereocenters. The molecule has 0 saturated heterocycles. The SMILES string of the molecule is CCOC(=O)c1ccn(-c2cccc(NC(=O)c3ccc(-n4cc(C)cn4)cc3)c2)n1. The second-order valence-corrected chi connectivity index (χ2v) is 6.88. The monoisotopic (exact) mass is 415 g/mol. The van der Waals surface area contributed by atoms with E-state index in [9.17, 15) is 9.59 Å². The second kappa shape index (κ2) is 8.66. The minimum atomic E-state index is -0.473. The molecule has 4 rings (SSSR count). The fourth-order valence-corrected chi connectivity index (χ4v) is 3.03. The van der Waals surface area contributed by atoms with Crippen molar-refractivity contribution >= 4 is 17.6 Å². The van der Waals surface area contributed by atoms with Gasteiger partial charge in [0.05, 0.1) is 24.2 Å². The predicted molar refractivity (Wildman–Crippen MR) is 116 cm³/mol. The predicted octanol–water partition coefficient (Wildman–Crippen LogP) is 3.80. The Balaban J connectivity index is 1.47. The highest BCUT2D eigenvalue weighted by Gasteiger charge is 2.12. The summed E-state index contributed by atoms with van der Waals surface area (Å²) < 4.78 is 8.28. The van der Waals surface area contributed by atoms with Crippen molar-refractivity contribution in [1.82, 2.24) is 19.6 Å². The molecule has 8 nitrogen and oxygen atoms in total. The molecule has 1 N–H and O–H groups in total. The number of hydrogen-bond donors (Lipinski definition) is 1. The first-order chi connectivity index (χ1) is 15.0. The van der Waals surface area contributed by atoms with E-state index in [1.54, 1.807) is 65.1 Å². The topological polar surface area (TPSA) is 91.0 Å². The van der Waals surface area contributed by atoms with Gasteiger partial charge in [-0.25, -0.2) is 14.2 Å². The Morgan fingerprint density at radius 1 is 1.03 bits per heavy atom. The van der Waals surface area contributed by atoms with Crippen molar-refractivity contribution in [1.29, 1.82) is 0 Å². The van der Waals surface area contributed by atoms with Gasteiger partial charge in [-0.15, -0.1) is 0 Å². The maximum absolute atomic E-state index is 12.7. The summed E-state index contributed by atoms with van der Waals surface area (Å²) in [7, 11) is 0. The average Bonchev–Trinajstić information content (AvgIpc) is 3.44. The number of aryl methyl sites for hydroxylation is 1. The van der Waals surface area contributed by atoms with E-state index in [1.807, 2.05) is 31.3 Å². The molecule has 156 valence electrons. The third kappa shape index (κ3) is 4.53. The van der Waals surface area contributed by atoms with Crippen LogP contribution in [0.25, 0.3) is 11.4 Å². The molecule has 0 bridgehead atoms. The third-order valence-corrected chi connectivity index (χ3v) is 4.55. The Hall–Kier alpha value is -4.20. The van der Waals surface area contributed by atoms with Gasteiger partial charge in [-0.2, -0.15) is 10.2 Å². The van der Waals surface area contributed by atoms with Crippen LogP contribution in [0.4, 0.5) is 5.69 Å². The molecule has 0 spiro atoms. The normalized spacial score (nSPS) is 10.6. The number of nitrogens with zero attached hydrogens (tertiary/aromatic N) is 4. The molecule has 8 heteroatoms. The van der Waals surface area contributed by atoms with Gasteiger partial charge >= 0.3 is 5.97 Å². The molecule has 0 atom stereocenters. The largest absolute Gasteiger partial charge is 0.461 e. The quantitative estimate of drug-likeness (QED) is 0.484. The summed E-state index contributed by atoms with van der Waals surface area (Å²) in [6.07, 6.45) is 5.37. The van der Waals surface area contributed by atoms with Crippen LogP contribution in [0.1, 0.15) is 33.3 Å². The van der Waals surface area contributed by atoms with E-state index in [-0.39, 0.29) is 18.2 Å². The highest BCUT2D eigenvalue weighted by molar-refractivity contribution is 6.04. The molecule has 0 fully saturated rings. The zero-order valence-electron chi connectivity index (χ0n) is 17.1. The standard InChI is InChI=1S/C23H21N5O3/c1-3-31-23(30)21-11-12-27(26-21)20-6-4-5-18(13-20)25-22(29)17-7-9-19(10-8-17)28-15-16(2)14-24-28/h4-15H,3H2,1-2H3,(H,25,29). The van der Waals surface area contributed by atoms with Gasteiger partial charge < -0.3 is 10.1 Å². The number of benzene rings is 2. The van der Waals surface area contributed by atoms with Crippen molar-refractivity contribution in [2.75, 3.05) is 11.9 Å². The Morgan fingerprint density at radius 3 is 2.55 bits per heavy atom. The van der Waals surface area contributed by atoms with E-state index < -0.39 is 5.97 Å². The van der Waals surface area contributed by atoms with E-state index in [2.05, 4.69) is 15.5 Å². The molecular weight excluding hydrogens is 394 g/mol. The van der Waals surface area contributed by atoms with E-state index in [0.29, 0.717) is 16.9 Å². The molecule has 1 amide bonds. The first-order valence-electron chi connectivity index (χ1n) is 9.80. The van der Waals surface area contributed by atoms with Gasteiger partial charge in [-0.1, -0.05) is 6.07 Å². The van der Waals surface area contributed by atoms with Gasteiger partial charge in [-0.3, -0.25) is 4.79 Å². The first-order valence-corrected chi connectivity index (χ1v) is 9.80. The number of carbonyl (C=O) groups excluding carboxylic acids is 2. The Bertz CT molecular complexity index is 1220. The van der Waals surface area contributed by atoms with Crippen LogP contribution in [-0.4, -0.2) is 38.0 Å². The van der Waals surface area contributed by atoms with Crippen LogP contribution in [0.15, 0.2) is 73.2 Å². The highest BCUT2D eigenvalue weighted by Crippen LogP contribution is 2.17. The van der Waals surface area contributed by atoms with Gasteiger partial charge in [-0.05, 0) is 67.9 Å². The fraction of sp³-hybridized carbons (Fsp3) is 0.130. The van der Waals surface area contributed by atoms with Crippen LogP contribution in [0.3, 0.4) is 0 Å². The average molecular weight is 415 g/mol. The summed E-state index contributed by atoms with van der Waals surface area (Å²) in [6, 6.07) is 16.0. The number of rotatable bonds is 6. The first kappa shape index (κ1) is 20.1. The molecule has 31 heavy (non-hydrogen) atoms.